The zero-order valence-electron chi connectivity index (χ0n) is 23.7. The van der Waals surface area contributed by atoms with Crippen LogP contribution in [0.3, 0.4) is 0 Å². The van der Waals surface area contributed by atoms with Crippen LogP contribution in [0.25, 0.3) is 0 Å². The molecule has 0 aromatic rings. The van der Waals surface area contributed by atoms with Crippen LogP contribution in [-0.2, 0) is 24.0 Å². The Balaban J connectivity index is 0. The second kappa shape index (κ2) is 27.7. The molecule has 0 rings (SSSR count). The first-order valence-electron chi connectivity index (χ1n) is 13.9. The maximum absolute atomic E-state index is 11.5. The number of carbonyl (C=O) groups is 5. The fraction of sp³-hybridized carbons (Fsp3) is 0.679. The van der Waals surface area contributed by atoms with Gasteiger partial charge in [0, 0.05) is 18.6 Å². The van der Waals surface area contributed by atoms with E-state index in [2.05, 4.69) is 54.5 Å². The molecule has 2 atom stereocenters. The Morgan fingerprint density at radius 2 is 1.38 bits per heavy atom. The van der Waals surface area contributed by atoms with Gasteiger partial charge < -0.3 is 31.7 Å². The van der Waals surface area contributed by atoms with Gasteiger partial charge in [-0.1, -0.05) is 63.3 Å². The van der Waals surface area contributed by atoms with Crippen molar-refractivity contribution in [1.82, 2.24) is 10.6 Å². The molecule has 11 nitrogen and oxygen atoms in total. The minimum absolute atomic E-state index is 0.0256. The van der Waals surface area contributed by atoms with Gasteiger partial charge in [0.2, 0.25) is 11.8 Å². The minimum Gasteiger partial charge on any atom is -0.481 e. The first-order valence-corrected chi connectivity index (χ1v) is 14.6. The van der Waals surface area contributed by atoms with E-state index in [1.807, 2.05) is 0 Å². The molecular formula is C28H49N3O8S. The number of nitrogens with one attached hydrogen (secondary N) is 2. The molecule has 0 aromatic carbocycles. The number of carboxylic acid groups (broad SMARTS) is 3. The normalized spacial score (nSPS) is 12.4. The van der Waals surface area contributed by atoms with E-state index >= 15 is 0 Å². The van der Waals surface area contributed by atoms with Crippen molar-refractivity contribution in [2.45, 2.75) is 109 Å². The number of rotatable bonds is 23. The largest absolute Gasteiger partial charge is 0.481 e. The van der Waals surface area contributed by atoms with Crippen molar-refractivity contribution in [2.24, 2.45) is 5.73 Å². The Kier molecular flexibility index (Phi) is 27.2. The molecule has 0 aliphatic carbocycles. The van der Waals surface area contributed by atoms with Gasteiger partial charge in [0.25, 0.3) is 0 Å². The quantitative estimate of drug-likeness (QED) is 0.0530. The van der Waals surface area contributed by atoms with Crippen LogP contribution in [0.2, 0.25) is 0 Å². The number of thiol groups is 1. The molecule has 0 aliphatic rings. The van der Waals surface area contributed by atoms with Crippen molar-refractivity contribution in [1.29, 1.82) is 0 Å². The molecule has 2 amide bonds. The number of unbranched alkanes of at least 4 members (excludes halogenated alkanes) is 8. The van der Waals surface area contributed by atoms with Gasteiger partial charge in [-0.15, -0.1) is 0 Å². The average Bonchev–Trinajstić information content (AvgIpc) is 2.91. The summed E-state index contributed by atoms with van der Waals surface area (Å²) in [6.45, 7) is 1.67. The fourth-order valence-electron chi connectivity index (χ4n) is 3.24. The van der Waals surface area contributed by atoms with E-state index in [1.165, 1.54) is 44.9 Å². The predicted molar refractivity (Wildman–Crippen MR) is 158 cm³/mol. The van der Waals surface area contributed by atoms with Crippen LogP contribution in [0.5, 0.6) is 0 Å². The Labute approximate surface area is 243 Å². The molecule has 0 fully saturated rings. The highest BCUT2D eigenvalue weighted by Gasteiger charge is 2.20. The van der Waals surface area contributed by atoms with Gasteiger partial charge in [0.15, 0.2) is 0 Å². The molecular weight excluding hydrogens is 538 g/mol. The number of amides is 2. The number of hydrogen-bond donors (Lipinski definition) is 7. The lowest BCUT2D eigenvalue weighted by molar-refractivity contribution is -0.139. The first-order chi connectivity index (χ1) is 19.0. The lowest BCUT2D eigenvalue weighted by Gasteiger charge is -2.16. The molecule has 2 unspecified atom stereocenters. The van der Waals surface area contributed by atoms with Gasteiger partial charge in [0.1, 0.15) is 18.6 Å². The highest BCUT2D eigenvalue weighted by atomic mass is 32.1. The van der Waals surface area contributed by atoms with Crippen LogP contribution in [-0.4, -0.2) is 69.4 Å². The molecule has 0 radical (unpaired) electrons. The third-order valence-corrected chi connectivity index (χ3v) is 5.95. The van der Waals surface area contributed by atoms with Crippen molar-refractivity contribution in [3.63, 3.8) is 0 Å². The van der Waals surface area contributed by atoms with Crippen LogP contribution in [0.4, 0.5) is 0 Å². The molecule has 7 N–H and O–H groups in total. The van der Waals surface area contributed by atoms with Gasteiger partial charge in [-0.2, -0.15) is 12.6 Å². The molecule has 0 heterocycles. The zero-order chi connectivity index (χ0) is 30.6. The third-order valence-electron chi connectivity index (χ3n) is 5.59. The summed E-state index contributed by atoms with van der Waals surface area (Å²) in [4.78, 5) is 54.1. The average molecular weight is 588 g/mol. The molecule has 12 heteroatoms. The SMILES string of the molecule is CCCCC/C=C\C/C=C\CCCCCCCC(=O)O.NC(CCC(=O)NC(CS)C(=O)NCC(=O)O)C(=O)O. The molecule has 0 saturated carbocycles. The Bertz CT molecular complexity index is 790. The van der Waals surface area contributed by atoms with Gasteiger partial charge in [-0.25, -0.2) is 0 Å². The number of aliphatic carboxylic acids is 3. The number of carbonyl (C=O) groups excluding carboxylic acids is 2. The lowest BCUT2D eigenvalue weighted by atomic mass is 10.1. The number of allylic oxidation sites excluding steroid dienone is 4. The monoisotopic (exact) mass is 587 g/mol. The first kappa shape index (κ1) is 39.3. The second-order valence-electron chi connectivity index (χ2n) is 9.27. The summed E-state index contributed by atoms with van der Waals surface area (Å²) in [5.74, 6) is -4.37. The van der Waals surface area contributed by atoms with Gasteiger partial charge >= 0.3 is 17.9 Å². The van der Waals surface area contributed by atoms with Crippen molar-refractivity contribution in [3.05, 3.63) is 24.3 Å². The van der Waals surface area contributed by atoms with Crippen molar-refractivity contribution < 1.29 is 39.3 Å². The van der Waals surface area contributed by atoms with Crippen LogP contribution in [0.1, 0.15) is 96.8 Å². The van der Waals surface area contributed by atoms with E-state index in [0.717, 1.165) is 25.7 Å². The number of carboxylic acids is 3. The summed E-state index contributed by atoms with van der Waals surface area (Å²) in [5.41, 5.74) is 5.23. The summed E-state index contributed by atoms with van der Waals surface area (Å²) >= 11 is 3.87. The maximum atomic E-state index is 11.5. The smallest absolute Gasteiger partial charge is 0.322 e. The van der Waals surface area contributed by atoms with E-state index in [0.29, 0.717) is 6.42 Å². The van der Waals surface area contributed by atoms with Crippen LogP contribution in [0, 0.1) is 0 Å². The molecule has 0 saturated heterocycles. The third kappa shape index (κ3) is 28.2. The fourth-order valence-corrected chi connectivity index (χ4v) is 3.50. The minimum atomic E-state index is -1.22. The van der Waals surface area contributed by atoms with Gasteiger partial charge in [-0.3, -0.25) is 24.0 Å². The predicted octanol–water partition coefficient (Wildman–Crippen LogP) is 3.68. The number of hydrogen-bond acceptors (Lipinski definition) is 7. The molecule has 230 valence electrons. The van der Waals surface area contributed by atoms with Crippen molar-refractivity contribution in [2.75, 3.05) is 12.3 Å². The highest BCUT2D eigenvalue weighted by molar-refractivity contribution is 7.80. The van der Waals surface area contributed by atoms with E-state index in [-0.39, 0.29) is 18.6 Å². The van der Waals surface area contributed by atoms with Crippen molar-refractivity contribution in [3.8, 4) is 0 Å². The van der Waals surface area contributed by atoms with E-state index in [4.69, 9.17) is 21.1 Å². The van der Waals surface area contributed by atoms with Gasteiger partial charge in [0.05, 0.1) is 0 Å². The molecule has 0 aromatic heterocycles. The molecule has 0 aliphatic heterocycles. The zero-order valence-corrected chi connectivity index (χ0v) is 24.6. The maximum Gasteiger partial charge on any atom is 0.322 e. The van der Waals surface area contributed by atoms with Crippen molar-refractivity contribution >= 4 is 42.4 Å². The van der Waals surface area contributed by atoms with E-state index < -0.39 is 48.4 Å². The summed E-state index contributed by atoms with van der Waals surface area (Å²) in [7, 11) is 0. The summed E-state index contributed by atoms with van der Waals surface area (Å²) < 4.78 is 0. The summed E-state index contributed by atoms with van der Waals surface area (Å²) in [5, 5.41) is 29.9. The molecule has 0 bridgehead atoms. The highest BCUT2D eigenvalue weighted by Crippen LogP contribution is 2.08. The van der Waals surface area contributed by atoms with Crippen LogP contribution >= 0.6 is 12.6 Å². The Hall–Kier alpha value is -2.86. The topological polar surface area (TPSA) is 196 Å². The molecule has 40 heavy (non-hydrogen) atoms. The van der Waals surface area contributed by atoms with Crippen LogP contribution < -0.4 is 16.4 Å². The second-order valence-corrected chi connectivity index (χ2v) is 9.64. The summed E-state index contributed by atoms with van der Waals surface area (Å²) in [6.07, 6.45) is 22.0. The standard InChI is InChI=1S/C18H32O2.C10H17N3O6S/c1-2-3-4-5-6-7-8-9-10-11-12-13-14-15-16-17-18(19)20;11-5(10(18)19)1-2-7(14)13-6(4-20)9(17)12-3-8(15)16/h6-7,9-10H,2-5,8,11-17H2,1H3,(H,19,20);5-6,20H,1-4,11H2,(H,12,17)(H,13,14)(H,15,16)(H,18,19)/b7-6-,10-9-;. The number of nitrogens with two attached hydrogens (primary N) is 1. The molecule has 0 spiro atoms. The Morgan fingerprint density at radius 1 is 0.800 bits per heavy atom. The van der Waals surface area contributed by atoms with E-state index in [9.17, 15) is 24.0 Å². The van der Waals surface area contributed by atoms with Gasteiger partial charge in [-0.05, 0) is 44.9 Å². The summed E-state index contributed by atoms with van der Waals surface area (Å²) in [6, 6.07) is -2.15. The lowest BCUT2D eigenvalue weighted by Crippen LogP contribution is -2.49. The van der Waals surface area contributed by atoms with E-state index in [1.54, 1.807) is 0 Å². The Morgan fingerprint density at radius 3 is 1.90 bits per heavy atom. The van der Waals surface area contributed by atoms with Crippen LogP contribution in [0.15, 0.2) is 24.3 Å².